The largest absolute Gasteiger partial charge is 0.459 e. The SMILES string of the molecule is C[C@@H](NC(=O)c1ccco1)C(=O)N1CCC[C@H]1c1ccc(Br)cc1. The van der Waals surface area contributed by atoms with Crippen LogP contribution in [0.25, 0.3) is 0 Å². The molecule has 0 aliphatic carbocycles. The van der Waals surface area contributed by atoms with Gasteiger partial charge in [-0.05, 0) is 49.6 Å². The Kier molecular flexibility index (Phi) is 5.04. The standard InChI is InChI=1S/C18H19BrN2O3/c1-12(20-17(22)16-5-3-11-24-16)18(23)21-10-2-4-15(21)13-6-8-14(19)9-7-13/h3,5-9,11-12,15H,2,4,10H2,1H3,(H,20,22)/t12-,15+/m1/s1. The zero-order valence-electron chi connectivity index (χ0n) is 13.4. The molecule has 0 saturated carbocycles. The minimum atomic E-state index is -0.598. The Morgan fingerprint density at radius 1 is 1.29 bits per heavy atom. The highest BCUT2D eigenvalue weighted by Gasteiger charge is 2.33. The summed E-state index contributed by atoms with van der Waals surface area (Å²) in [6.45, 7) is 2.42. The van der Waals surface area contributed by atoms with Crippen LogP contribution >= 0.6 is 15.9 Å². The van der Waals surface area contributed by atoms with Crippen molar-refractivity contribution < 1.29 is 14.0 Å². The third kappa shape index (κ3) is 3.53. The number of carbonyl (C=O) groups excluding carboxylic acids is 2. The number of hydrogen-bond donors (Lipinski definition) is 1. The molecule has 1 N–H and O–H groups in total. The van der Waals surface area contributed by atoms with Gasteiger partial charge in [-0.3, -0.25) is 9.59 Å². The van der Waals surface area contributed by atoms with E-state index in [4.69, 9.17) is 4.42 Å². The van der Waals surface area contributed by atoms with Crippen molar-refractivity contribution in [1.29, 1.82) is 0 Å². The van der Waals surface area contributed by atoms with E-state index in [9.17, 15) is 9.59 Å². The van der Waals surface area contributed by atoms with Gasteiger partial charge in [-0.15, -0.1) is 0 Å². The molecular weight excluding hydrogens is 372 g/mol. The second-order valence-corrected chi connectivity index (χ2v) is 6.83. The molecular formula is C18H19BrN2O3. The van der Waals surface area contributed by atoms with E-state index in [0.29, 0.717) is 6.54 Å². The van der Waals surface area contributed by atoms with Crippen molar-refractivity contribution >= 4 is 27.7 Å². The molecule has 1 aromatic carbocycles. The first-order valence-electron chi connectivity index (χ1n) is 7.96. The summed E-state index contributed by atoms with van der Waals surface area (Å²) in [4.78, 5) is 26.7. The van der Waals surface area contributed by atoms with Gasteiger partial charge in [-0.25, -0.2) is 0 Å². The molecule has 6 heteroatoms. The van der Waals surface area contributed by atoms with Crippen LogP contribution in [-0.4, -0.2) is 29.3 Å². The minimum absolute atomic E-state index is 0.0635. The van der Waals surface area contributed by atoms with Crippen molar-refractivity contribution in [2.45, 2.75) is 31.8 Å². The van der Waals surface area contributed by atoms with Crippen LogP contribution in [0.5, 0.6) is 0 Å². The molecule has 126 valence electrons. The lowest BCUT2D eigenvalue weighted by Gasteiger charge is -2.28. The molecule has 3 rings (SSSR count). The average molecular weight is 391 g/mol. The van der Waals surface area contributed by atoms with Gasteiger partial charge in [0.25, 0.3) is 5.91 Å². The van der Waals surface area contributed by atoms with Gasteiger partial charge in [0.15, 0.2) is 5.76 Å². The van der Waals surface area contributed by atoms with Crippen molar-refractivity contribution in [2.75, 3.05) is 6.54 Å². The lowest BCUT2D eigenvalue weighted by atomic mass is 10.0. The van der Waals surface area contributed by atoms with Gasteiger partial charge in [-0.2, -0.15) is 0 Å². The lowest BCUT2D eigenvalue weighted by Crippen LogP contribution is -2.46. The molecule has 1 saturated heterocycles. The Labute approximate surface area is 149 Å². The number of benzene rings is 1. The second kappa shape index (κ2) is 7.21. The number of carbonyl (C=O) groups is 2. The maximum absolute atomic E-state index is 12.8. The smallest absolute Gasteiger partial charge is 0.287 e. The Bertz CT molecular complexity index is 712. The van der Waals surface area contributed by atoms with Gasteiger partial charge in [0.1, 0.15) is 6.04 Å². The molecule has 1 fully saturated rings. The Morgan fingerprint density at radius 2 is 2.04 bits per heavy atom. The van der Waals surface area contributed by atoms with E-state index in [1.807, 2.05) is 29.2 Å². The quantitative estimate of drug-likeness (QED) is 0.868. The van der Waals surface area contributed by atoms with E-state index in [0.717, 1.165) is 22.9 Å². The highest BCUT2D eigenvalue weighted by Crippen LogP contribution is 2.32. The predicted molar refractivity (Wildman–Crippen MR) is 93.5 cm³/mol. The second-order valence-electron chi connectivity index (χ2n) is 5.91. The fraction of sp³-hybridized carbons (Fsp3) is 0.333. The number of amides is 2. The fourth-order valence-electron chi connectivity index (χ4n) is 3.05. The average Bonchev–Trinajstić information content (AvgIpc) is 3.26. The lowest BCUT2D eigenvalue weighted by molar-refractivity contribution is -0.133. The Morgan fingerprint density at radius 3 is 2.71 bits per heavy atom. The van der Waals surface area contributed by atoms with Gasteiger partial charge in [0, 0.05) is 11.0 Å². The molecule has 0 radical (unpaired) electrons. The van der Waals surface area contributed by atoms with Crippen molar-refractivity contribution in [3.63, 3.8) is 0 Å². The van der Waals surface area contributed by atoms with Crippen LogP contribution in [0.1, 0.15) is 41.9 Å². The number of nitrogens with one attached hydrogen (secondary N) is 1. The number of nitrogens with zero attached hydrogens (tertiary/aromatic N) is 1. The number of likely N-dealkylation sites (tertiary alicyclic amines) is 1. The summed E-state index contributed by atoms with van der Waals surface area (Å²) in [7, 11) is 0. The van der Waals surface area contributed by atoms with E-state index in [1.54, 1.807) is 19.1 Å². The highest BCUT2D eigenvalue weighted by molar-refractivity contribution is 9.10. The summed E-state index contributed by atoms with van der Waals surface area (Å²) < 4.78 is 6.08. The molecule has 2 heterocycles. The van der Waals surface area contributed by atoms with E-state index in [-0.39, 0.29) is 23.6 Å². The summed E-state index contributed by atoms with van der Waals surface area (Å²) >= 11 is 3.43. The molecule has 0 unspecified atom stereocenters. The summed E-state index contributed by atoms with van der Waals surface area (Å²) in [6, 6.07) is 10.7. The molecule has 2 atom stereocenters. The molecule has 24 heavy (non-hydrogen) atoms. The van der Waals surface area contributed by atoms with Crippen LogP contribution in [-0.2, 0) is 4.79 Å². The van der Waals surface area contributed by atoms with Crippen LogP contribution in [0.4, 0.5) is 0 Å². The molecule has 0 bridgehead atoms. The number of hydrogen-bond acceptors (Lipinski definition) is 3. The van der Waals surface area contributed by atoms with Crippen molar-refractivity contribution in [3.8, 4) is 0 Å². The fourth-order valence-corrected chi connectivity index (χ4v) is 3.31. The normalized spacial score (nSPS) is 18.4. The molecule has 1 aliphatic rings. The first kappa shape index (κ1) is 16.8. The first-order valence-corrected chi connectivity index (χ1v) is 8.76. The molecule has 2 aromatic rings. The molecule has 1 aromatic heterocycles. The highest BCUT2D eigenvalue weighted by atomic mass is 79.9. The summed E-state index contributed by atoms with van der Waals surface area (Å²) in [5.74, 6) is -0.235. The monoisotopic (exact) mass is 390 g/mol. The van der Waals surface area contributed by atoms with E-state index >= 15 is 0 Å². The first-order chi connectivity index (χ1) is 11.6. The van der Waals surface area contributed by atoms with Crippen LogP contribution in [0.15, 0.2) is 51.6 Å². The molecule has 2 amide bonds. The van der Waals surface area contributed by atoms with Gasteiger partial charge < -0.3 is 14.6 Å². The van der Waals surface area contributed by atoms with Crippen molar-refractivity contribution in [3.05, 3.63) is 58.5 Å². The predicted octanol–water partition coefficient (Wildman–Crippen LogP) is 3.52. The third-order valence-corrected chi connectivity index (χ3v) is 4.78. The van der Waals surface area contributed by atoms with Crippen LogP contribution in [0.3, 0.4) is 0 Å². The van der Waals surface area contributed by atoms with Crippen LogP contribution < -0.4 is 5.32 Å². The van der Waals surface area contributed by atoms with Crippen LogP contribution in [0, 0.1) is 0 Å². The van der Waals surface area contributed by atoms with Crippen LogP contribution in [0.2, 0.25) is 0 Å². The maximum atomic E-state index is 12.8. The van der Waals surface area contributed by atoms with Gasteiger partial charge in [0.05, 0.1) is 12.3 Å². The Hall–Kier alpha value is -2.08. The number of halogens is 1. The summed E-state index contributed by atoms with van der Waals surface area (Å²) in [5.41, 5.74) is 1.12. The van der Waals surface area contributed by atoms with Crippen molar-refractivity contribution in [2.24, 2.45) is 0 Å². The van der Waals surface area contributed by atoms with E-state index in [2.05, 4.69) is 21.2 Å². The minimum Gasteiger partial charge on any atom is -0.459 e. The molecule has 5 nitrogen and oxygen atoms in total. The van der Waals surface area contributed by atoms with Gasteiger partial charge >= 0.3 is 0 Å². The zero-order valence-corrected chi connectivity index (χ0v) is 15.0. The van der Waals surface area contributed by atoms with Gasteiger partial charge in [0.2, 0.25) is 5.91 Å². The van der Waals surface area contributed by atoms with Gasteiger partial charge in [-0.1, -0.05) is 28.1 Å². The number of furan rings is 1. The molecule has 1 aliphatic heterocycles. The molecule has 0 spiro atoms. The third-order valence-electron chi connectivity index (χ3n) is 4.25. The van der Waals surface area contributed by atoms with E-state index in [1.165, 1.54) is 6.26 Å². The maximum Gasteiger partial charge on any atom is 0.287 e. The Balaban J connectivity index is 1.68. The topological polar surface area (TPSA) is 62.6 Å². The van der Waals surface area contributed by atoms with E-state index < -0.39 is 6.04 Å². The van der Waals surface area contributed by atoms with Crippen molar-refractivity contribution in [1.82, 2.24) is 10.2 Å². The summed E-state index contributed by atoms with van der Waals surface area (Å²) in [6.07, 6.45) is 3.34. The zero-order chi connectivity index (χ0) is 17.1. The number of rotatable bonds is 4. The summed E-state index contributed by atoms with van der Waals surface area (Å²) in [5, 5.41) is 2.71.